The topological polar surface area (TPSA) is 92.4 Å². The minimum atomic E-state index is -0.976. The average Bonchev–Trinajstić information content (AvgIpc) is 3.00. The summed E-state index contributed by atoms with van der Waals surface area (Å²) in [7, 11) is 0. The fraction of sp³-hybridized carbons (Fsp3) is 0.389. The number of benzene rings is 1. The first-order valence-electron chi connectivity index (χ1n) is 8.11. The number of carbonyl (C=O) groups excluding carboxylic acids is 1. The van der Waals surface area contributed by atoms with Crippen molar-refractivity contribution >= 4 is 11.9 Å². The molecule has 2 rings (SSSR count). The molecule has 128 valence electrons. The number of hydrogen-bond donors (Lipinski definition) is 2. The predicted octanol–water partition coefficient (Wildman–Crippen LogP) is 2.75. The van der Waals surface area contributed by atoms with Gasteiger partial charge in [0.15, 0.2) is 0 Å². The summed E-state index contributed by atoms with van der Waals surface area (Å²) in [5.41, 5.74) is 2.71. The van der Waals surface area contributed by atoms with Crippen molar-refractivity contribution in [2.45, 2.75) is 46.1 Å². The molecule has 6 heteroatoms. The molecule has 0 atom stereocenters. The normalized spacial score (nSPS) is 10.6. The van der Waals surface area contributed by atoms with E-state index in [2.05, 4.69) is 10.5 Å². The molecule has 0 aliphatic rings. The van der Waals surface area contributed by atoms with Crippen molar-refractivity contribution in [1.29, 1.82) is 0 Å². The maximum Gasteiger partial charge on any atom is 0.335 e. The highest BCUT2D eigenvalue weighted by Gasteiger charge is 2.15. The SMILES string of the molecule is CCc1noc(CC)c1CNC(=O)CCc1ccccc1C(=O)O. The standard InChI is InChI=1S/C18H22N2O4/c1-3-15-14(16(4-2)24-20-15)11-19-17(21)10-9-12-7-5-6-8-13(12)18(22)23/h5-8H,3-4,9-11H2,1-2H3,(H,19,21)(H,22,23). The van der Waals surface area contributed by atoms with Crippen LogP contribution < -0.4 is 5.32 Å². The van der Waals surface area contributed by atoms with E-state index in [1.165, 1.54) is 0 Å². The minimum Gasteiger partial charge on any atom is -0.478 e. The highest BCUT2D eigenvalue weighted by atomic mass is 16.5. The summed E-state index contributed by atoms with van der Waals surface area (Å²) >= 11 is 0. The quantitative estimate of drug-likeness (QED) is 0.776. The second-order valence-corrected chi connectivity index (χ2v) is 5.48. The molecular formula is C18H22N2O4. The third kappa shape index (κ3) is 4.22. The van der Waals surface area contributed by atoms with Gasteiger partial charge in [-0.25, -0.2) is 4.79 Å². The largest absolute Gasteiger partial charge is 0.478 e. The summed E-state index contributed by atoms with van der Waals surface area (Å²) in [4.78, 5) is 23.3. The van der Waals surface area contributed by atoms with E-state index in [0.717, 1.165) is 29.9 Å². The first-order chi connectivity index (χ1) is 11.6. The molecular weight excluding hydrogens is 308 g/mol. The Bertz CT molecular complexity index is 700. The number of amides is 1. The number of nitrogens with one attached hydrogen (secondary N) is 1. The second-order valence-electron chi connectivity index (χ2n) is 5.48. The zero-order valence-electron chi connectivity index (χ0n) is 14.0. The molecule has 1 aromatic carbocycles. The van der Waals surface area contributed by atoms with Crippen LogP contribution in [-0.4, -0.2) is 22.1 Å². The van der Waals surface area contributed by atoms with Gasteiger partial charge in [0.1, 0.15) is 5.76 Å². The van der Waals surface area contributed by atoms with Gasteiger partial charge >= 0.3 is 5.97 Å². The molecule has 6 nitrogen and oxygen atoms in total. The summed E-state index contributed by atoms with van der Waals surface area (Å²) in [6.45, 7) is 4.36. The van der Waals surface area contributed by atoms with Crippen molar-refractivity contribution in [3.8, 4) is 0 Å². The molecule has 0 saturated carbocycles. The zero-order chi connectivity index (χ0) is 17.5. The molecule has 0 aliphatic heterocycles. The Morgan fingerprint density at radius 2 is 1.96 bits per heavy atom. The number of carbonyl (C=O) groups is 2. The van der Waals surface area contributed by atoms with Crippen LogP contribution in [0, 0.1) is 0 Å². The monoisotopic (exact) mass is 330 g/mol. The van der Waals surface area contributed by atoms with E-state index in [4.69, 9.17) is 9.63 Å². The summed E-state index contributed by atoms with van der Waals surface area (Å²) in [5.74, 6) is -0.306. The van der Waals surface area contributed by atoms with E-state index in [1.807, 2.05) is 13.8 Å². The maximum absolute atomic E-state index is 12.1. The smallest absolute Gasteiger partial charge is 0.335 e. The fourth-order valence-electron chi connectivity index (χ4n) is 2.61. The lowest BCUT2D eigenvalue weighted by atomic mass is 10.0. The van der Waals surface area contributed by atoms with E-state index in [0.29, 0.717) is 18.5 Å². The van der Waals surface area contributed by atoms with Gasteiger partial charge in [-0.3, -0.25) is 4.79 Å². The lowest BCUT2D eigenvalue weighted by Crippen LogP contribution is -2.24. The number of nitrogens with zero attached hydrogens (tertiary/aromatic N) is 1. The van der Waals surface area contributed by atoms with Crippen LogP contribution in [0.1, 0.15) is 53.2 Å². The number of rotatable bonds is 8. The molecule has 1 aromatic heterocycles. The van der Waals surface area contributed by atoms with Crippen molar-refractivity contribution in [3.05, 3.63) is 52.4 Å². The fourth-order valence-corrected chi connectivity index (χ4v) is 2.61. The maximum atomic E-state index is 12.1. The van der Waals surface area contributed by atoms with Crippen molar-refractivity contribution < 1.29 is 19.2 Å². The van der Waals surface area contributed by atoms with Crippen LogP contribution in [0.2, 0.25) is 0 Å². The van der Waals surface area contributed by atoms with E-state index in [1.54, 1.807) is 24.3 Å². The number of carboxylic acid groups (broad SMARTS) is 1. The molecule has 1 heterocycles. The average molecular weight is 330 g/mol. The molecule has 0 spiro atoms. The Kier molecular flexibility index (Phi) is 6.12. The molecule has 0 radical (unpaired) electrons. The Balaban J connectivity index is 1.93. The van der Waals surface area contributed by atoms with E-state index in [9.17, 15) is 9.59 Å². The van der Waals surface area contributed by atoms with E-state index < -0.39 is 5.97 Å². The van der Waals surface area contributed by atoms with Crippen LogP contribution in [0.15, 0.2) is 28.8 Å². The van der Waals surface area contributed by atoms with Crippen molar-refractivity contribution in [2.75, 3.05) is 0 Å². The minimum absolute atomic E-state index is 0.125. The Morgan fingerprint density at radius 3 is 2.62 bits per heavy atom. The third-order valence-electron chi connectivity index (χ3n) is 3.94. The number of aryl methyl sites for hydroxylation is 3. The van der Waals surface area contributed by atoms with Crippen LogP contribution in [0.3, 0.4) is 0 Å². The highest BCUT2D eigenvalue weighted by molar-refractivity contribution is 5.89. The van der Waals surface area contributed by atoms with E-state index in [-0.39, 0.29) is 17.9 Å². The van der Waals surface area contributed by atoms with Crippen LogP contribution in [0.5, 0.6) is 0 Å². The van der Waals surface area contributed by atoms with Gasteiger partial charge in [-0.1, -0.05) is 37.2 Å². The summed E-state index contributed by atoms with van der Waals surface area (Å²) in [6, 6.07) is 6.74. The van der Waals surface area contributed by atoms with Crippen molar-refractivity contribution in [2.24, 2.45) is 0 Å². The molecule has 2 aromatic rings. The first-order valence-corrected chi connectivity index (χ1v) is 8.11. The van der Waals surface area contributed by atoms with Crippen molar-refractivity contribution in [1.82, 2.24) is 10.5 Å². The van der Waals surface area contributed by atoms with Gasteiger partial charge in [-0.15, -0.1) is 0 Å². The van der Waals surface area contributed by atoms with Gasteiger partial charge in [0, 0.05) is 24.9 Å². The van der Waals surface area contributed by atoms with Gasteiger partial charge in [0.2, 0.25) is 5.91 Å². The number of carboxylic acids is 1. The summed E-state index contributed by atoms with van der Waals surface area (Å²) < 4.78 is 5.27. The Morgan fingerprint density at radius 1 is 1.21 bits per heavy atom. The number of aromatic carboxylic acids is 1. The third-order valence-corrected chi connectivity index (χ3v) is 3.94. The molecule has 24 heavy (non-hydrogen) atoms. The molecule has 0 bridgehead atoms. The second kappa shape index (κ2) is 8.29. The van der Waals surface area contributed by atoms with Crippen LogP contribution in [0.25, 0.3) is 0 Å². The van der Waals surface area contributed by atoms with E-state index >= 15 is 0 Å². The van der Waals surface area contributed by atoms with Gasteiger partial charge in [0.05, 0.1) is 11.3 Å². The Hall–Kier alpha value is -2.63. The van der Waals surface area contributed by atoms with Gasteiger partial charge in [-0.2, -0.15) is 0 Å². The summed E-state index contributed by atoms with van der Waals surface area (Å²) in [6.07, 6.45) is 2.10. The van der Waals surface area contributed by atoms with Crippen LogP contribution in [0.4, 0.5) is 0 Å². The zero-order valence-corrected chi connectivity index (χ0v) is 14.0. The lowest BCUT2D eigenvalue weighted by molar-refractivity contribution is -0.121. The summed E-state index contributed by atoms with van der Waals surface area (Å²) in [5, 5.41) is 16.0. The first kappa shape index (κ1) is 17.7. The number of hydrogen-bond acceptors (Lipinski definition) is 4. The van der Waals surface area contributed by atoms with Gasteiger partial charge in [0.25, 0.3) is 0 Å². The van der Waals surface area contributed by atoms with Gasteiger partial charge in [-0.05, 0) is 24.5 Å². The molecule has 0 unspecified atom stereocenters. The Labute approximate surface area is 140 Å². The highest BCUT2D eigenvalue weighted by Crippen LogP contribution is 2.16. The predicted molar refractivity (Wildman–Crippen MR) is 88.8 cm³/mol. The lowest BCUT2D eigenvalue weighted by Gasteiger charge is -2.08. The number of aromatic nitrogens is 1. The van der Waals surface area contributed by atoms with Crippen LogP contribution >= 0.6 is 0 Å². The molecule has 1 amide bonds. The van der Waals surface area contributed by atoms with Crippen molar-refractivity contribution in [3.63, 3.8) is 0 Å². The molecule has 0 aliphatic carbocycles. The van der Waals surface area contributed by atoms with Crippen LogP contribution in [-0.2, 0) is 30.6 Å². The molecule has 0 fully saturated rings. The van der Waals surface area contributed by atoms with Gasteiger partial charge < -0.3 is 14.9 Å². The molecule has 2 N–H and O–H groups in total. The molecule has 0 saturated heterocycles.